The molecule has 0 saturated heterocycles. The largest absolute Gasteiger partial charge is 0.0882 e. The second-order valence-corrected chi connectivity index (χ2v) is 3.37. The quantitative estimate of drug-likeness (QED) is 0.433. The number of allylic oxidation sites excluding steroid dienone is 2. The van der Waals surface area contributed by atoms with Gasteiger partial charge in [0.05, 0.1) is 0 Å². The van der Waals surface area contributed by atoms with Crippen molar-refractivity contribution in [1.82, 2.24) is 0 Å². The average Bonchev–Trinajstić information content (AvgIpc) is 2.46. The number of hydrogen-bond acceptors (Lipinski definition) is 0. The van der Waals surface area contributed by atoms with Gasteiger partial charge in [0.25, 0.3) is 0 Å². The van der Waals surface area contributed by atoms with E-state index >= 15 is 0 Å². The van der Waals surface area contributed by atoms with Gasteiger partial charge >= 0.3 is 0 Å². The van der Waals surface area contributed by atoms with Crippen molar-refractivity contribution in [3.05, 3.63) is 12.2 Å². The van der Waals surface area contributed by atoms with Gasteiger partial charge in [0.1, 0.15) is 0 Å². The minimum Gasteiger partial charge on any atom is -0.0882 e. The van der Waals surface area contributed by atoms with Crippen molar-refractivity contribution >= 4 is 0 Å². The monoisotopic (exact) mass is 122 g/mol. The molecule has 0 aromatic carbocycles. The SMILES string of the molecule is C1=C\[C@H]2C[C@H]2CCCC/1. The van der Waals surface area contributed by atoms with E-state index in [0.29, 0.717) is 0 Å². The van der Waals surface area contributed by atoms with Crippen LogP contribution in [-0.2, 0) is 0 Å². The van der Waals surface area contributed by atoms with E-state index in [1.54, 1.807) is 0 Å². The van der Waals surface area contributed by atoms with Crippen molar-refractivity contribution in [2.24, 2.45) is 11.8 Å². The molecule has 0 aromatic rings. The van der Waals surface area contributed by atoms with Gasteiger partial charge in [0.15, 0.2) is 0 Å². The average molecular weight is 122 g/mol. The molecule has 0 aliphatic heterocycles. The predicted molar refractivity (Wildman–Crippen MR) is 39.2 cm³/mol. The highest BCUT2D eigenvalue weighted by Gasteiger charge is 2.33. The molecule has 1 fully saturated rings. The highest BCUT2D eigenvalue weighted by molar-refractivity contribution is 5.02. The topological polar surface area (TPSA) is 0 Å². The van der Waals surface area contributed by atoms with Crippen LogP contribution in [0.5, 0.6) is 0 Å². The lowest BCUT2D eigenvalue weighted by atomic mass is 10.1. The lowest BCUT2D eigenvalue weighted by molar-refractivity contribution is 0.605. The standard InChI is InChI=1S/C9H14/c1-2-4-6-9-7-8(9)5-3-1/h3,5,8-9H,1-2,4,6-7H2/b5-3-/t8-,9+/m0/s1. The third-order valence-electron chi connectivity index (χ3n) is 2.56. The van der Waals surface area contributed by atoms with Crippen molar-refractivity contribution in [3.63, 3.8) is 0 Å². The first-order valence-corrected chi connectivity index (χ1v) is 4.13. The lowest BCUT2D eigenvalue weighted by Crippen LogP contribution is -1.84. The molecule has 0 amide bonds. The van der Waals surface area contributed by atoms with E-state index in [2.05, 4.69) is 12.2 Å². The van der Waals surface area contributed by atoms with Gasteiger partial charge in [-0.15, -0.1) is 0 Å². The Labute approximate surface area is 57.0 Å². The van der Waals surface area contributed by atoms with Crippen LogP contribution in [0.15, 0.2) is 12.2 Å². The normalized spacial score (nSPS) is 44.4. The Morgan fingerprint density at radius 2 is 2.22 bits per heavy atom. The Morgan fingerprint density at radius 3 is 3.22 bits per heavy atom. The summed E-state index contributed by atoms with van der Waals surface area (Å²) in [5.41, 5.74) is 0. The Morgan fingerprint density at radius 1 is 1.22 bits per heavy atom. The Hall–Kier alpha value is -0.260. The first-order chi connectivity index (χ1) is 4.47. The molecule has 0 unspecified atom stereocenters. The van der Waals surface area contributed by atoms with E-state index in [9.17, 15) is 0 Å². The van der Waals surface area contributed by atoms with Crippen LogP contribution in [0.3, 0.4) is 0 Å². The summed E-state index contributed by atoms with van der Waals surface area (Å²) in [5, 5.41) is 0. The van der Waals surface area contributed by atoms with E-state index in [1.165, 1.54) is 32.1 Å². The van der Waals surface area contributed by atoms with Crippen LogP contribution < -0.4 is 0 Å². The third-order valence-corrected chi connectivity index (χ3v) is 2.56. The fourth-order valence-electron chi connectivity index (χ4n) is 1.78. The second kappa shape index (κ2) is 2.17. The molecular formula is C9H14. The molecule has 0 aromatic heterocycles. The van der Waals surface area contributed by atoms with E-state index in [0.717, 1.165) is 11.8 Å². The molecule has 0 N–H and O–H groups in total. The van der Waals surface area contributed by atoms with Crippen molar-refractivity contribution in [3.8, 4) is 0 Å². The van der Waals surface area contributed by atoms with Crippen LogP contribution in [0.25, 0.3) is 0 Å². The molecule has 9 heavy (non-hydrogen) atoms. The zero-order valence-corrected chi connectivity index (χ0v) is 5.84. The fraction of sp³-hybridized carbons (Fsp3) is 0.778. The molecule has 0 nitrogen and oxygen atoms in total. The highest BCUT2D eigenvalue weighted by atomic mass is 14.4. The number of rotatable bonds is 0. The molecule has 50 valence electrons. The van der Waals surface area contributed by atoms with E-state index < -0.39 is 0 Å². The number of hydrogen-bond donors (Lipinski definition) is 0. The van der Waals surface area contributed by atoms with Gasteiger partial charge in [-0.1, -0.05) is 18.6 Å². The van der Waals surface area contributed by atoms with E-state index in [1.807, 2.05) is 0 Å². The van der Waals surface area contributed by atoms with Gasteiger partial charge in [-0.05, 0) is 37.5 Å². The molecule has 0 spiro atoms. The maximum atomic E-state index is 2.43. The van der Waals surface area contributed by atoms with Crippen LogP contribution in [0, 0.1) is 11.8 Å². The first kappa shape index (κ1) is 5.52. The van der Waals surface area contributed by atoms with Crippen LogP contribution in [0.1, 0.15) is 32.1 Å². The molecule has 1 saturated carbocycles. The van der Waals surface area contributed by atoms with Crippen molar-refractivity contribution < 1.29 is 0 Å². The molecule has 2 rings (SSSR count). The van der Waals surface area contributed by atoms with Crippen molar-refractivity contribution in [2.75, 3.05) is 0 Å². The minimum absolute atomic E-state index is 1.00. The van der Waals surface area contributed by atoms with Crippen LogP contribution in [-0.4, -0.2) is 0 Å². The molecule has 2 aliphatic rings. The maximum absolute atomic E-state index is 2.43. The highest BCUT2D eigenvalue weighted by Crippen LogP contribution is 2.44. The Kier molecular flexibility index (Phi) is 1.33. The summed E-state index contributed by atoms with van der Waals surface area (Å²) < 4.78 is 0. The summed E-state index contributed by atoms with van der Waals surface area (Å²) in [6.07, 6.45) is 12.1. The van der Waals surface area contributed by atoms with Gasteiger partial charge in [0, 0.05) is 0 Å². The summed E-state index contributed by atoms with van der Waals surface area (Å²) in [7, 11) is 0. The van der Waals surface area contributed by atoms with Crippen LogP contribution >= 0.6 is 0 Å². The first-order valence-electron chi connectivity index (χ1n) is 4.13. The third kappa shape index (κ3) is 1.17. The molecule has 0 radical (unpaired) electrons. The zero-order valence-electron chi connectivity index (χ0n) is 5.84. The summed E-state index contributed by atoms with van der Waals surface area (Å²) >= 11 is 0. The summed E-state index contributed by atoms with van der Waals surface area (Å²) in [5.74, 6) is 2.10. The van der Waals surface area contributed by atoms with Gasteiger partial charge in [-0.3, -0.25) is 0 Å². The minimum atomic E-state index is 1.00. The fourth-order valence-corrected chi connectivity index (χ4v) is 1.78. The Bertz CT molecular complexity index is 124. The molecule has 0 heteroatoms. The maximum Gasteiger partial charge on any atom is -0.0202 e. The van der Waals surface area contributed by atoms with Gasteiger partial charge < -0.3 is 0 Å². The van der Waals surface area contributed by atoms with E-state index in [4.69, 9.17) is 0 Å². The molecule has 2 aliphatic carbocycles. The van der Waals surface area contributed by atoms with Gasteiger partial charge in [0.2, 0.25) is 0 Å². The van der Waals surface area contributed by atoms with Crippen LogP contribution in [0.4, 0.5) is 0 Å². The summed E-state index contributed by atoms with van der Waals surface area (Å²) in [6, 6.07) is 0. The van der Waals surface area contributed by atoms with Crippen molar-refractivity contribution in [2.45, 2.75) is 32.1 Å². The predicted octanol–water partition coefficient (Wildman–Crippen LogP) is 2.75. The second-order valence-electron chi connectivity index (χ2n) is 3.37. The van der Waals surface area contributed by atoms with Gasteiger partial charge in [-0.25, -0.2) is 0 Å². The lowest BCUT2D eigenvalue weighted by Gasteiger charge is -1.99. The Balaban J connectivity index is 1.95. The molecule has 2 atom stereocenters. The molecular weight excluding hydrogens is 108 g/mol. The summed E-state index contributed by atoms with van der Waals surface area (Å²) in [4.78, 5) is 0. The summed E-state index contributed by atoms with van der Waals surface area (Å²) in [6.45, 7) is 0. The van der Waals surface area contributed by atoms with Gasteiger partial charge in [-0.2, -0.15) is 0 Å². The number of fused-ring (bicyclic) bond motifs is 1. The molecule has 0 heterocycles. The van der Waals surface area contributed by atoms with Crippen molar-refractivity contribution in [1.29, 1.82) is 0 Å². The zero-order chi connectivity index (χ0) is 6.10. The van der Waals surface area contributed by atoms with E-state index in [-0.39, 0.29) is 0 Å². The smallest absolute Gasteiger partial charge is 0.0202 e. The molecule has 0 bridgehead atoms. The van der Waals surface area contributed by atoms with Crippen LogP contribution in [0.2, 0.25) is 0 Å².